The first-order valence-corrected chi connectivity index (χ1v) is 8.98. The third kappa shape index (κ3) is 4.35. The van der Waals surface area contributed by atoms with Crippen molar-refractivity contribution in [2.24, 2.45) is 0 Å². The number of rotatable bonds is 7. The number of methoxy groups -OCH3 is 2. The minimum absolute atomic E-state index is 0.0493. The summed E-state index contributed by atoms with van der Waals surface area (Å²) in [6, 6.07) is 16.1. The Labute approximate surface area is 154 Å². The Morgan fingerprint density at radius 2 is 1.96 bits per heavy atom. The Morgan fingerprint density at radius 3 is 2.69 bits per heavy atom. The number of benzene rings is 2. The lowest BCUT2D eigenvalue weighted by atomic mass is 10.0. The Hall–Kier alpha value is -2.53. The Bertz CT molecular complexity index is 733. The zero-order chi connectivity index (χ0) is 18.4. The number of ether oxygens (including phenoxy) is 2. The molecule has 1 atom stereocenters. The Balaban J connectivity index is 1.64. The molecule has 0 spiro atoms. The molecule has 5 heteroatoms. The summed E-state index contributed by atoms with van der Waals surface area (Å²) in [6.45, 7) is 1.87. The molecular formula is C21H26N2O3. The van der Waals surface area contributed by atoms with Gasteiger partial charge in [-0.15, -0.1) is 0 Å². The summed E-state index contributed by atoms with van der Waals surface area (Å²) >= 11 is 0. The monoisotopic (exact) mass is 354 g/mol. The van der Waals surface area contributed by atoms with Gasteiger partial charge in [0.15, 0.2) is 0 Å². The van der Waals surface area contributed by atoms with Crippen molar-refractivity contribution in [3.63, 3.8) is 0 Å². The van der Waals surface area contributed by atoms with E-state index in [2.05, 4.69) is 10.2 Å². The summed E-state index contributed by atoms with van der Waals surface area (Å²) in [5.74, 6) is 1.63. The number of hydrogen-bond donors (Lipinski definition) is 1. The molecule has 5 nitrogen and oxygen atoms in total. The lowest BCUT2D eigenvalue weighted by Crippen LogP contribution is -2.36. The van der Waals surface area contributed by atoms with Crippen molar-refractivity contribution in [2.75, 3.05) is 27.3 Å². The van der Waals surface area contributed by atoms with Crippen LogP contribution in [0.5, 0.6) is 11.5 Å². The van der Waals surface area contributed by atoms with Crippen LogP contribution in [0.2, 0.25) is 0 Å². The minimum Gasteiger partial charge on any atom is -0.497 e. The molecule has 1 amide bonds. The largest absolute Gasteiger partial charge is 0.497 e. The van der Waals surface area contributed by atoms with Gasteiger partial charge in [-0.1, -0.05) is 36.4 Å². The highest BCUT2D eigenvalue weighted by Gasteiger charge is 2.29. The molecule has 1 fully saturated rings. The molecular weight excluding hydrogens is 328 g/mol. The molecule has 1 heterocycles. The summed E-state index contributed by atoms with van der Waals surface area (Å²) in [7, 11) is 3.32. The molecule has 0 aliphatic carbocycles. The van der Waals surface area contributed by atoms with E-state index in [4.69, 9.17) is 9.47 Å². The van der Waals surface area contributed by atoms with Crippen LogP contribution < -0.4 is 14.8 Å². The summed E-state index contributed by atoms with van der Waals surface area (Å²) in [6.07, 6.45) is 2.10. The number of nitrogens with zero attached hydrogens (tertiary/aromatic N) is 1. The predicted molar refractivity (Wildman–Crippen MR) is 101 cm³/mol. The number of carbonyl (C=O) groups excluding carboxylic acids is 1. The fourth-order valence-electron chi connectivity index (χ4n) is 3.50. The second-order valence-corrected chi connectivity index (χ2v) is 6.50. The molecule has 2 aromatic carbocycles. The van der Waals surface area contributed by atoms with Crippen LogP contribution in [0.25, 0.3) is 0 Å². The van der Waals surface area contributed by atoms with Gasteiger partial charge in [0.2, 0.25) is 5.91 Å². The molecule has 0 saturated carbocycles. The Morgan fingerprint density at radius 1 is 1.15 bits per heavy atom. The summed E-state index contributed by atoms with van der Waals surface area (Å²) in [5, 5.41) is 3.01. The second kappa shape index (κ2) is 8.72. The number of likely N-dealkylation sites (tertiary alicyclic amines) is 1. The second-order valence-electron chi connectivity index (χ2n) is 6.50. The van der Waals surface area contributed by atoms with Gasteiger partial charge in [-0.05, 0) is 31.0 Å². The van der Waals surface area contributed by atoms with Crippen LogP contribution in [0.1, 0.15) is 30.0 Å². The van der Waals surface area contributed by atoms with E-state index in [1.165, 1.54) is 0 Å². The first-order chi connectivity index (χ1) is 12.7. The quantitative estimate of drug-likeness (QED) is 0.830. The van der Waals surface area contributed by atoms with Crippen LogP contribution >= 0.6 is 0 Å². The van der Waals surface area contributed by atoms with Crippen molar-refractivity contribution < 1.29 is 14.3 Å². The van der Waals surface area contributed by atoms with Gasteiger partial charge in [-0.2, -0.15) is 0 Å². The van der Waals surface area contributed by atoms with Crippen LogP contribution in [-0.4, -0.2) is 38.1 Å². The van der Waals surface area contributed by atoms with Crippen LogP contribution in [0.15, 0.2) is 48.5 Å². The molecule has 0 radical (unpaired) electrons. The molecule has 1 aliphatic rings. The highest BCUT2D eigenvalue weighted by Crippen LogP contribution is 2.38. The average molecular weight is 354 g/mol. The van der Waals surface area contributed by atoms with Gasteiger partial charge in [-0.25, -0.2) is 0 Å². The molecule has 26 heavy (non-hydrogen) atoms. The zero-order valence-corrected chi connectivity index (χ0v) is 15.4. The molecule has 0 aromatic heterocycles. The smallest absolute Gasteiger partial charge is 0.234 e. The van der Waals surface area contributed by atoms with E-state index in [1.54, 1.807) is 14.2 Å². The third-order valence-corrected chi connectivity index (χ3v) is 4.84. The molecule has 3 rings (SSSR count). The lowest BCUT2D eigenvalue weighted by molar-refractivity contribution is -0.122. The first-order valence-electron chi connectivity index (χ1n) is 8.98. The SMILES string of the molecule is COc1ccc([C@H]2CCCN2CC(=O)NCc2ccccc2)c(OC)c1. The topological polar surface area (TPSA) is 50.8 Å². The van der Waals surface area contributed by atoms with Crippen LogP contribution in [0.3, 0.4) is 0 Å². The maximum atomic E-state index is 12.4. The number of carbonyl (C=O) groups is 1. The number of amides is 1. The normalized spacial score (nSPS) is 17.1. The zero-order valence-electron chi connectivity index (χ0n) is 15.4. The van der Waals surface area contributed by atoms with Gasteiger partial charge in [0.25, 0.3) is 0 Å². The summed E-state index contributed by atoms with van der Waals surface area (Å²) in [5.41, 5.74) is 2.22. The molecule has 1 N–H and O–H groups in total. The molecule has 0 unspecified atom stereocenters. The van der Waals surface area contributed by atoms with Gasteiger partial charge in [0.05, 0.1) is 20.8 Å². The molecule has 1 aliphatic heterocycles. The average Bonchev–Trinajstić information content (AvgIpc) is 3.14. The van der Waals surface area contributed by atoms with E-state index in [9.17, 15) is 4.79 Å². The summed E-state index contributed by atoms with van der Waals surface area (Å²) in [4.78, 5) is 14.6. The van der Waals surface area contributed by atoms with Gasteiger partial charge >= 0.3 is 0 Å². The highest BCUT2D eigenvalue weighted by atomic mass is 16.5. The standard InChI is InChI=1S/C21H26N2O3/c1-25-17-10-11-18(20(13-17)26-2)19-9-6-12-23(19)15-21(24)22-14-16-7-4-3-5-8-16/h3-5,7-8,10-11,13,19H,6,9,12,14-15H2,1-2H3,(H,22,24)/t19-/m1/s1. The molecule has 2 aromatic rings. The van der Waals surface area contributed by atoms with Crippen LogP contribution in [0.4, 0.5) is 0 Å². The number of nitrogens with one attached hydrogen (secondary N) is 1. The van der Waals surface area contributed by atoms with Crippen LogP contribution in [0, 0.1) is 0 Å². The van der Waals surface area contributed by atoms with Gasteiger partial charge in [0.1, 0.15) is 11.5 Å². The van der Waals surface area contributed by atoms with E-state index in [0.29, 0.717) is 13.1 Å². The fourth-order valence-corrected chi connectivity index (χ4v) is 3.50. The predicted octanol–water partition coefficient (Wildman–Crippen LogP) is 3.16. The van der Waals surface area contributed by atoms with E-state index in [1.807, 2.05) is 48.5 Å². The third-order valence-electron chi connectivity index (χ3n) is 4.84. The molecule has 138 valence electrons. The van der Waals surface area contributed by atoms with Crippen molar-refractivity contribution >= 4 is 5.91 Å². The molecule has 1 saturated heterocycles. The first kappa shape index (κ1) is 18.3. The van der Waals surface area contributed by atoms with Gasteiger partial charge in [-0.3, -0.25) is 9.69 Å². The van der Waals surface area contributed by atoms with Crippen molar-refractivity contribution in [1.82, 2.24) is 10.2 Å². The van der Waals surface area contributed by atoms with E-state index in [-0.39, 0.29) is 11.9 Å². The maximum Gasteiger partial charge on any atom is 0.234 e. The minimum atomic E-state index is 0.0493. The van der Waals surface area contributed by atoms with Crippen molar-refractivity contribution in [3.8, 4) is 11.5 Å². The van der Waals surface area contributed by atoms with E-state index >= 15 is 0 Å². The fraction of sp³-hybridized carbons (Fsp3) is 0.381. The maximum absolute atomic E-state index is 12.4. The van der Waals surface area contributed by atoms with E-state index < -0.39 is 0 Å². The van der Waals surface area contributed by atoms with E-state index in [0.717, 1.165) is 42.0 Å². The van der Waals surface area contributed by atoms with Gasteiger partial charge in [0, 0.05) is 24.2 Å². The lowest BCUT2D eigenvalue weighted by Gasteiger charge is -2.26. The van der Waals surface area contributed by atoms with Crippen molar-refractivity contribution in [3.05, 3.63) is 59.7 Å². The van der Waals surface area contributed by atoms with Crippen LogP contribution in [-0.2, 0) is 11.3 Å². The number of hydrogen-bond acceptors (Lipinski definition) is 4. The molecule has 0 bridgehead atoms. The van der Waals surface area contributed by atoms with Crippen molar-refractivity contribution in [1.29, 1.82) is 0 Å². The van der Waals surface area contributed by atoms with Gasteiger partial charge < -0.3 is 14.8 Å². The van der Waals surface area contributed by atoms with Crippen molar-refractivity contribution in [2.45, 2.75) is 25.4 Å². The summed E-state index contributed by atoms with van der Waals surface area (Å²) < 4.78 is 10.8. The Kier molecular flexibility index (Phi) is 6.12. The highest BCUT2D eigenvalue weighted by molar-refractivity contribution is 5.78.